The van der Waals surface area contributed by atoms with Gasteiger partial charge in [-0.3, -0.25) is 9.87 Å². The molecule has 7 heteroatoms. The highest BCUT2D eigenvalue weighted by Gasteiger charge is 2.10. The van der Waals surface area contributed by atoms with Crippen LogP contribution >= 0.6 is 0 Å². The van der Waals surface area contributed by atoms with Crippen molar-refractivity contribution < 1.29 is 23.2 Å². The molecule has 13 heavy (non-hydrogen) atoms. The molecule has 0 aliphatic carbocycles. The van der Waals surface area contributed by atoms with Crippen LogP contribution in [0.3, 0.4) is 0 Å². The van der Waals surface area contributed by atoms with Crippen LogP contribution in [-0.4, -0.2) is 48.3 Å². The van der Waals surface area contributed by atoms with Gasteiger partial charge in [0.05, 0.1) is 0 Å². The first-order valence-electron chi connectivity index (χ1n) is 3.90. The maximum atomic E-state index is 10.3. The highest BCUT2D eigenvalue weighted by atomic mass is 32.2. The average molecular weight is 213 g/mol. The molecule has 0 bridgehead atoms. The Bertz CT molecular complexity index is 209. The van der Waals surface area contributed by atoms with Crippen molar-refractivity contribution >= 4 is 10.1 Å². The van der Waals surface area contributed by atoms with Gasteiger partial charge in [0.1, 0.15) is 5.88 Å². The van der Waals surface area contributed by atoms with Crippen molar-refractivity contribution in [2.75, 3.05) is 19.1 Å². The Morgan fingerprint density at radius 2 is 1.62 bits per heavy atom. The lowest BCUT2D eigenvalue weighted by molar-refractivity contribution is 0.230. The van der Waals surface area contributed by atoms with Crippen LogP contribution in [0, 0.1) is 0 Å². The molecule has 0 aliphatic rings. The van der Waals surface area contributed by atoms with Crippen LogP contribution in [0.15, 0.2) is 0 Å². The molecule has 0 amide bonds. The zero-order valence-electron chi connectivity index (χ0n) is 7.18. The molecule has 6 nitrogen and oxygen atoms in total. The number of nitrogens with one attached hydrogen (secondary N) is 1. The lowest BCUT2D eigenvalue weighted by Gasteiger charge is -2.14. The summed E-state index contributed by atoms with van der Waals surface area (Å²) < 4.78 is 29.0. The molecule has 0 aliphatic heterocycles. The van der Waals surface area contributed by atoms with Gasteiger partial charge in [0, 0.05) is 19.3 Å². The molecule has 0 aromatic rings. The van der Waals surface area contributed by atoms with Crippen LogP contribution in [0.4, 0.5) is 0 Å². The number of hydrogen-bond donors (Lipinski definition) is 4. The predicted octanol–water partition coefficient (Wildman–Crippen LogP) is -1.45. The largest absolute Gasteiger partial charge is 0.396 e. The molecule has 0 unspecified atom stereocenters. The van der Waals surface area contributed by atoms with E-state index < -0.39 is 16.0 Å². The van der Waals surface area contributed by atoms with Gasteiger partial charge in [-0.25, -0.2) is 0 Å². The van der Waals surface area contributed by atoms with Gasteiger partial charge in [0.2, 0.25) is 0 Å². The molecular weight excluding hydrogens is 198 g/mol. The Morgan fingerprint density at radius 3 is 1.92 bits per heavy atom. The first-order chi connectivity index (χ1) is 5.99. The summed E-state index contributed by atoms with van der Waals surface area (Å²) in [6.45, 7) is -0.188. The van der Waals surface area contributed by atoms with Crippen LogP contribution in [0.25, 0.3) is 0 Å². The Hall–Kier alpha value is -0.210. The lowest BCUT2D eigenvalue weighted by Crippen LogP contribution is -2.34. The smallest absolute Gasteiger partial charge is 0.278 e. The molecule has 0 atom stereocenters. The number of hydrogen-bond acceptors (Lipinski definition) is 5. The maximum absolute atomic E-state index is 10.3. The van der Waals surface area contributed by atoms with Gasteiger partial charge < -0.3 is 10.2 Å². The second-order valence-electron chi connectivity index (χ2n) is 2.65. The Balaban J connectivity index is 3.81. The fourth-order valence-electron chi connectivity index (χ4n) is 0.883. The molecule has 0 radical (unpaired) electrons. The summed E-state index contributed by atoms with van der Waals surface area (Å²) in [6.07, 6.45) is 0.687. The Morgan fingerprint density at radius 1 is 1.15 bits per heavy atom. The monoisotopic (exact) mass is 213 g/mol. The summed E-state index contributed by atoms with van der Waals surface area (Å²) in [5, 5.41) is 19.6. The van der Waals surface area contributed by atoms with Gasteiger partial charge in [0.15, 0.2) is 0 Å². The van der Waals surface area contributed by atoms with E-state index in [0.29, 0.717) is 12.8 Å². The van der Waals surface area contributed by atoms with Crippen molar-refractivity contribution in [2.45, 2.75) is 18.9 Å². The zero-order chi connectivity index (χ0) is 10.3. The van der Waals surface area contributed by atoms with Crippen molar-refractivity contribution in [3.8, 4) is 0 Å². The number of rotatable bonds is 7. The third kappa shape index (κ3) is 8.13. The molecule has 0 rings (SSSR count). The van der Waals surface area contributed by atoms with Crippen LogP contribution in [-0.2, 0) is 10.1 Å². The first-order valence-corrected chi connectivity index (χ1v) is 5.50. The summed E-state index contributed by atoms with van der Waals surface area (Å²) in [5.41, 5.74) is 0. The third-order valence-electron chi connectivity index (χ3n) is 1.51. The van der Waals surface area contributed by atoms with Gasteiger partial charge in [-0.1, -0.05) is 0 Å². The van der Waals surface area contributed by atoms with Gasteiger partial charge in [-0.15, -0.1) is 0 Å². The standard InChI is InChI=1S/C6H15NO5S/c8-3-1-6(2-4-9)7-5-13(10,11)12/h6-9H,1-5H2,(H,10,11,12). The van der Waals surface area contributed by atoms with Crippen LogP contribution in [0.5, 0.6) is 0 Å². The Kier molecular flexibility index (Phi) is 6.17. The SMILES string of the molecule is O=S(=O)(O)CNC(CCO)CCO. The van der Waals surface area contributed by atoms with E-state index in [2.05, 4.69) is 5.32 Å². The maximum Gasteiger partial charge on any atom is 0.278 e. The van der Waals surface area contributed by atoms with Gasteiger partial charge in [-0.05, 0) is 12.8 Å². The average Bonchev–Trinajstić information content (AvgIpc) is 2.00. The predicted molar refractivity (Wildman–Crippen MR) is 46.7 cm³/mol. The van der Waals surface area contributed by atoms with Crippen molar-refractivity contribution in [2.24, 2.45) is 0 Å². The summed E-state index contributed by atoms with van der Waals surface area (Å²) in [6, 6.07) is -0.295. The molecule has 0 spiro atoms. The molecule has 0 heterocycles. The number of aliphatic hydroxyl groups is 2. The van der Waals surface area contributed by atoms with Crippen molar-refractivity contribution in [3.63, 3.8) is 0 Å². The van der Waals surface area contributed by atoms with Crippen molar-refractivity contribution in [1.29, 1.82) is 0 Å². The molecule has 0 saturated carbocycles. The van der Waals surface area contributed by atoms with Gasteiger partial charge >= 0.3 is 0 Å². The van der Waals surface area contributed by atoms with E-state index in [0.717, 1.165) is 0 Å². The minimum Gasteiger partial charge on any atom is -0.396 e. The third-order valence-corrected chi connectivity index (χ3v) is 2.04. The van der Waals surface area contributed by atoms with E-state index in [9.17, 15) is 8.42 Å². The minimum absolute atomic E-state index is 0.0941. The van der Waals surface area contributed by atoms with Gasteiger partial charge in [0.25, 0.3) is 10.1 Å². The number of aliphatic hydroxyl groups excluding tert-OH is 2. The molecular formula is C6H15NO5S. The second-order valence-corrected chi connectivity index (χ2v) is 4.10. The van der Waals surface area contributed by atoms with E-state index in [1.165, 1.54) is 0 Å². The summed E-state index contributed by atoms with van der Waals surface area (Å²) in [5.74, 6) is -0.558. The molecule has 0 saturated heterocycles. The minimum atomic E-state index is -4.03. The molecule has 0 fully saturated rings. The lowest BCUT2D eigenvalue weighted by atomic mass is 10.1. The van der Waals surface area contributed by atoms with E-state index in [4.69, 9.17) is 14.8 Å². The molecule has 0 aromatic heterocycles. The fraction of sp³-hybridized carbons (Fsp3) is 1.00. The van der Waals surface area contributed by atoms with Gasteiger partial charge in [-0.2, -0.15) is 8.42 Å². The van der Waals surface area contributed by atoms with Crippen molar-refractivity contribution in [1.82, 2.24) is 5.32 Å². The highest BCUT2D eigenvalue weighted by molar-refractivity contribution is 7.85. The fourth-order valence-corrected chi connectivity index (χ4v) is 1.33. The zero-order valence-corrected chi connectivity index (χ0v) is 8.00. The summed E-state index contributed by atoms with van der Waals surface area (Å²) in [7, 11) is -4.03. The Labute approximate surface area is 77.3 Å². The van der Waals surface area contributed by atoms with Crippen LogP contribution in [0.1, 0.15) is 12.8 Å². The van der Waals surface area contributed by atoms with Crippen molar-refractivity contribution in [3.05, 3.63) is 0 Å². The molecule has 4 N–H and O–H groups in total. The summed E-state index contributed by atoms with van der Waals surface area (Å²) >= 11 is 0. The van der Waals surface area contributed by atoms with E-state index >= 15 is 0 Å². The highest BCUT2D eigenvalue weighted by Crippen LogP contribution is 1.96. The van der Waals surface area contributed by atoms with Crippen LogP contribution in [0.2, 0.25) is 0 Å². The van der Waals surface area contributed by atoms with E-state index in [1.807, 2.05) is 0 Å². The molecule has 80 valence electrons. The quantitative estimate of drug-likeness (QED) is 0.386. The van der Waals surface area contributed by atoms with Crippen LogP contribution < -0.4 is 5.32 Å². The summed E-state index contributed by atoms with van der Waals surface area (Å²) in [4.78, 5) is 0. The van der Waals surface area contributed by atoms with E-state index in [-0.39, 0.29) is 19.3 Å². The topological polar surface area (TPSA) is 107 Å². The second kappa shape index (κ2) is 6.28. The molecule has 0 aromatic carbocycles. The first kappa shape index (κ1) is 12.8. The normalized spacial score (nSPS) is 12.3. The van der Waals surface area contributed by atoms with E-state index in [1.54, 1.807) is 0 Å².